The number of amides is 1. The first-order valence-electron chi connectivity index (χ1n) is 17.3. The molecule has 250 valence electrons. The number of ketones is 1. The van der Waals surface area contributed by atoms with Crippen molar-refractivity contribution in [2.45, 2.75) is 114 Å². The Balaban J connectivity index is 1.08. The van der Waals surface area contributed by atoms with Crippen LogP contribution < -0.4 is 11.1 Å². The molecule has 1 unspecified atom stereocenters. The van der Waals surface area contributed by atoms with Crippen LogP contribution in [-0.2, 0) is 19.6 Å². The minimum atomic E-state index is -3.21. The molecule has 9 nitrogen and oxygen atoms in total. The number of carbonyl (C=O) groups is 2. The van der Waals surface area contributed by atoms with Gasteiger partial charge in [-0.1, -0.05) is 36.6 Å². The van der Waals surface area contributed by atoms with Crippen LogP contribution in [0.5, 0.6) is 0 Å². The number of nitrogens with two attached hydrogens (primary N) is 1. The van der Waals surface area contributed by atoms with E-state index in [1.807, 2.05) is 31.2 Å². The molecular weight excluding hydrogens is 612 g/mol. The molecular formula is C34H51ClN4O5S. The van der Waals surface area contributed by atoms with Crippen molar-refractivity contribution in [1.82, 2.24) is 14.5 Å². The molecule has 1 amide bonds. The smallest absolute Gasteiger partial charge is 0.410 e. The maximum Gasteiger partial charge on any atom is 0.410 e. The second-order valence-electron chi connectivity index (χ2n) is 14.7. The molecule has 2 bridgehead atoms. The van der Waals surface area contributed by atoms with E-state index in [2.05, 4.69) is 5.32 Å². The molecule has 1 aromatic rings. The Morgan fingerprint density at radius 2 is 1.76 bits per heavy atom. The zero-order valence-electron chi connectivity index (χ0n) is 26.7. The third-order valence-corrected chi connectivity index (χ3v) is 13.7. The third-order valence-electron chi connectivity index (χ3n) is 11.5. The number of hydrogen-bond donors (Lipinski definition) is 2. The first kappa shape index (κ1) is 33.2. The van der Waals surface area contributed by atoms with E-state index in [9.17, 15) is 18.0 Å². The molecule has 2 saturated carbocycles. The molecule has 1 aromatic carbocycles. The summed E-state index contributed by atoms with van der Waals surface area (Å²) in [4.78, 5) is 28.5. The Morgan fingerprint density at radius 1 is 1.04 bits per heavy atom. The molecule has 3 heterocycles. The molecule has 7 atom stereocenters. The lowest BCUT2D eigenvalue weighted by molar-refractivity contribution is -0.122. The summed E-state index contributed by atoms with van der Waals surface area (Å²) < 4.78 is 33.4. The zero-order chi connectivity index (χ0) is 31.8. The Kier molecular flexibility index (Phi) is 10.2. The number of likely N-dealkylation sites (tertiary alicyclic amines) is 1. The van der Waals surface area contributed by atoms with Crippen molar-refractivity contribution in [3.63, 3.8) is 0 Å². The van der Waals surface area contributed by atoms with E-state index in [0.717, 1.165) is 76.2 Å². The van der Waals surface area contributed by atoms with Crippen molar-refractivity contribution < 1.29 is 22.7 Å². The standard InChI is InChI=1S/C34H51ClN4O5S/c1-34(15-16-34)44-33(41)38-17-13-25(14-18-38)31(24-7-10-27(35)11-8-24)32(36)30(40)20-26-5-2-4-23(26)9-12-29-21-37-28-6-3-19-45(42,43)39(29)22-28/h7-8,10-11,23,25-26,28-29,31-32,37H,2-6,9,12-22,36H2,1H3/t23-,26-,28-,29+,31+,32-/m1/s1. The molecule has 45 heavy (non-hydrogen) atoms. The van der Waals surface area contributed by atoms with Gasteiger partial charge < -0.3 is 20.7 Å². The molecule has 3 saturated heterocycles. The van der Waals surface area contributed by atoms with E-state index >= 15 is 0 Å². The van der Waals surface area contributed by atoms with Gasteiger partial charge in [0.2, 0.25) is 10.0 Å². The lowest BCUT2D eigenvalue weighted by atomic mass is 9.73. The number of hydrogen-bond acceptors (Lipinski definition) is 7. The highest BCUT2D eigenvalue weighted by Gasteiger charge is 2.44. The van der Waals surface area contributed by atoms with Gasteiger partial charge in [-0.05, 0) is 100 Å². The predicted molar refractivity (Wildman–Crippen MR) is 176 cm³/mol. The van der Waals surface area contributed by atoms with Gasteiger partial charge in [0.05, 0.1) is 11.8 Å². The number of benzene rings is 1. The van der Waals surface area contributed by atoms with Crippen molar-refractivity contribution in [2.24, 2.45) is 23.5 Å². The number of nitrogens with one attached hydrogen (secondary N) is 1. The number of fused-ring (bicyclic) bond motifs is 2. The topological polar surface area (TPSA) is 122 Å². The highest BCUT2D eigenvalue weighted by atomic mass is 35.5. The van der Waals surface area contributed by atoms with Crippen LogP contribution in [0.25, 0.3) is 0 Å². The van der Waals surface area contributed by atoms with Crippen molar-refractivity contribution in [3.05, 3.63) is 34.9 Å². The van der Waals surface area contributed by atoms with Crippen LogP contribution in [-0.4, -0.2) is 85.2 Å². The highest BCUT2D eigenvalue weighted by molar-refractivity contribution is 7.89. The van der Waals surface area contributed by atoms with Crippen LogP contribution in [0.4, 0.5) is 4.79 Å². The lowest BCUT2D eigenvalue weighted by Gasteiger charge is -2.39. The summed E-state index contributed by atoms with van der Waals surface area (Å²) in [5, 5.41) is 4.23. The Hall–Kier alpha value is -1.72. The van der Waals surface area contributed by atoms with Gasteiger partial charge in [-0.25, -0.2) is 13.2 Å². The third kappa shape index (κ3) is 7.88. The zero-order valence-corrected chi connectivity index (χ0v) is 28.2. The summed E-state index contributed by atoms with van der Waals surface area (Å²) in [6, 6.07) is 7.33. The van der Waals surface area contributed by atoms with Gasteiger partial charge >= 0.3 is 6.09 Å². The van der Waals surface area contributed by atoms with E-state index < -0.39 is 16.1 Å². The summed E-state index contributed by atoms with van der Waals surface area (Å²) in [6.07, 6.45) is 10.2. The first-order valence-corrected chi connectivity index (χ1v) is 19.2. The van der Waals surface area contributed by atoms with E-state index in [0.29, 0.717) is 43.5 Å². The van der Waals surface area contributed by atoms with Crippen molar-refractivity contribution in [2.75, 3.05) is 31.9 Å². The molecule has 3 N–H and O–H groups in total. The van der Waals surface area contributed by atoms with E-state index in [-0.39, 0.29) is 53.1 Å². The number of halogens is 1. The molecule has 11 heteroatoms. The summed E-state index contributed by atoms with van der Waals surface area (Å²) in [5.74, 6) is 1.06. The number of nitrogens with zero attached hydrogens (tertiary/aromatic N) is 2. The van der Waals surface area contributed by atoms with Crippen LogP contribution in [0.3, 0.4) is 0 Å². The van der Waals surface area contributed by atoms with Gasteiger partial charge in [0.15, 0.2) is 0 Å². The quantitative estimate of drug-likeness (QED) is 0.359. The minimum absolute atomic E-state index is 0.00636. The van der Waals surface area contributed by atoms with E-state index in [4.69, 9.17) is 22.1 Å². The lowest BCUT2D eigenvalue weighted by Crippen LogP contribution is -2.57. The fourth-order valence-corrected chi connectivity index (χ4v) is 10.4. The van der Waals surface area contributed by atoms with Gasteiger partial charge in [0, 0.05) is 55.6 Å². The van der Waals surface area contributed by atoms with Crippen molar-refractivity contribution >= 4 is 33.5 Å². The molecule has 2 aliphatic carbocycles. The summed E-state index contributed by atoms with van der Waals surface area (Å²) in [6.45, 7) is 4.47. The second kappa shape index (κ2) is 13.8. The summed E-state index contributed by atoms with van der Waals surface area (Å²) in [7, 11) is -3.21. The summed E-state index contributed by atoms with van der Waals surface area (Å²) in [5.41, 5.74) is 7.62. The van der Waals surface area contributed by atoms with Gasteiger partial charge in [-0.3, -0.25) is 4.79 Å². The molecule has 0 radical (unpaired) electrons. The molecule has 6 rings (SSSR count). The number of sulfonamides is 1. The second-order valence-corrected chi connectivity index (χ2v) is 17.2. The van der Waals surface area contributed by atoms with Crippen LogP contribution in [0.15, 0.2) is 24.3 Å². The molecule has 3 aliphatic heterocycles. The predicted octanol–water partition coefficient (Wildman–Crippen LogP) is 5.07. The fourth-order valence-electron chi connectivity index (χ4n) is 8.46. The van der Waals surface area contributed by atoms with Crippen molar-refractivity contribution in [3.8, 4) is 0 Å². The van der Waals surface area contributed by atoms with Crippen LogP contribution in [0.2, 0.25) is 5.02 Å². The largest absolute Gasteiger partial charge is 0.443 e. The minimum Gasteiger partial charge on any atom is -0.443 e. The number of ether oxygens (including phenoxy) is 1. The Bertz CT molecular complexity index is 1310. The molecule has 5 fully saturated rings. The number of rotatable bonds is 10. The SMILES string of the molecule is CC1(OC(=O)N2CCC([C@H](c3ccc(Cl)cc3)[C@H](N)C(=O)C[C@H]3CCC[C@@H]3CC[C@H]3CN[C@@H]4CCCS(=O)(=O)N3C4)CC2)CC1. The Labute approximate surface area is 274 Å². The number of carbonyl (C=O) groups excluding carboxylic acids is 2. The van der Waals surface area contributed by atoms with Crippen LogP contribution >= 0.6 is 11.6 Å². The normalized spacial score (nSPS) is 32.3. The fraction of sp³-hybridized carbons (Fsp3) is 0.765. The van der Waals surface area contributed by atoms with Crippen LogP contribution in [0.1, 0.15) is 95.5 Å². The van der Waals surface area contributed by atoms with Crippen LogP contribution in [0, 0.1) is 17.8 Å². The Morgan fingerprint density at radius 3 is 2.47 bits per heavy atom. The van der Waals surface area contributed by atoms with Crippen molar-refractivity contribution in [1.29, 1.82) is 0 Å². The molecule has 0 spiro atoms. The van der Waals surface area contributed by atoms with Gasteiger partial charge in [0.25, 0.3) is 0 Å². The van der Waals surface area contributed by atoms with E-state index in [1.165, 1.54) is 0 Å². The summed E-state index contributed by atoms with van der Waals surface area (Å²) >= 11 is 6.23. The average Bonchev–Trinajstić information content (AvgIpc) is 3.61. The number of piperidine rings is 1. The maximum atomic E-state index is 13.9. The molecule has 5 aliphatic rings. The monoisotopic (exact) mass is 662 g/mol. The molecule has 0 aromatic heterocycles. The van der Waals surface area contributed by atoms with Gasteiger partial charge in [-0.2, -0.15) is 4.31 Å². The van der Waals surface area contributed by atoms with Gasteiger partial charge in [-0.15, -0.1) is 0 Å². The highest BCUT2D eigenvalue weighted by Crippen LogP contribution is 2.42. The maximum absolute atomic E-state index is 13.9. The first-order chi connectivity index (χ1) is 21.5. The van der Waals surface area contributed by atoms with E-state index in [1.54, 1.807) is 9.21 Å². The van der Waals surface area contributed by atoms with Gasteiger partial charge in [0.1, 0.15) is 11.4 Å². The number of Topliss-reactive ketones (excluding diaryl/α,β-unsaturated/α-hetero) is 1. The number of piperazine rings is 1. The average molecular weight is 663 g/mol.